The molecule has 3 heterocycles. The van der Waals surface area contributed by atoms with Gasteiger partial charge in [0.05, 0.1) is 10.2 Å². The number of carbonyl (C=O) groups is 1. The monoisotopic (exact) mass is 439 g/mol. The normalized spacial score (nSPS) is 11.2. The van der Waals surface area contributed by atoms with Crippen LogP contribution in [0, 0.1) is 13.8 Å². The van der Waals surface area contributed by atoms with E-state index in [-0.39, 0.29) is 5.91 Å². The van der Waals surface area contributed by atoms with Gasteiger partial charge in [0, 0.05) is 28.4 Å². The SMILES string of the molecule is CSc1nc2nc(C)c(CC(=O)NCCc3ccc(Br)s3)c(C)n2n1. The van der Waals surface area contributed by atoms with Crippen LogP contribution in [0.25, 0.3) is 5.78 Å². The lowest BCUT2D eigenvalue weighted by atomic mass is 10.1. The van der Waals surface area contributed by atoms with E-state index >= 15 is 0 Å². The van der Waals surface area contributed by atoms with Gasteiger partial charge in [-0.15, -0.1) is 16.4 Å². The molecule has 0 fully saturated rings. The molecule has 132 valence electrons. The van der Waals surface area contributed by atoms with Crippen molar-refractivity contribution in [2.45, 2.75) is 31.8 Å². The van der Waals surface area contributed by atoms with Crippen LogP contribution in [-0.4, -0.2) is 38.3 Å². The number of thiophene rings is 1. The third kappa shape index (κ3) is 4.21. The maximum Gasteiger partial charge on any atom is 0.253 e. The highest BCUT2D eigenvalue weighted by atomic mass is 79.9. The van der Waals surface area contributed by atoms with Crippen molar-refractivity contribution >= 4 is 50.7 Å². The molecule has 0 bridgehead atoms. The molecule has 0 radical (unpaired) electrons. The first-order valence-corrected chi connectivity index (χ1v) is 10.6. The minimum absolute atomic E-state index is 0.00632. The van der Waals surface area contributed by atoms with Crippen LogP contribution in [0.3, 0.4) is 0 Å². The van der Waals surface area contributed by atoms with Gasteiger partial charge >= 0.3 is 0 Å². The Morgan fingerprint density at radius 3 is 2.84 bits per heavy atom. The molecule has 1 amide bonds. The summed E-state index contributed by atoms with van der Waals surface area (Å²) in [7, 11) is 0. The summed E-state index contributed by atoms with van der Waals surface area (Å²) in [5, 5.41) is 8.08. The number of rotatable bonds is 6. The molecule has 0 unspecified atom stereocenters. The number of nitrogens with one attached hydrogen (secondary N) is 1. The van der Waals surface area contributed by atoms with Crippen LogP contribution in [0.2, 0.25) is 0 Å². The van der Waals surface area contributed by atoms with E-state index in [1.54, 1.807) is 15.9 Å². The second-order valence-corrected chi connectivity index (χ2v) is 8.87. The lowest BCUT2D eigenvalue weighted by Crippen LogP contribution is -2.28. The van der Waals surface area contributed by atoms with Gasteiger partial charge < -0.3 is 5.32 Å². The minimum atomic E-state index is -0.00632. The largest absolute Gasteiger partial charge is 0.355 e. The Morgan fingerprint density at radius 1 is 1.36 bits per heavy atom. The van der Waals surface area contributed by atoms with Gasteiger partial charge in [-0.2, -0.15) is 4.98 Å². The number of carbonyl (C=O) groups excluding carboxylic acids is 1. The van der Waals surface area contributed by atoms with Crippen LogP contribution in [0.1, 0.15) is 21.8 Å². The zero-order chi connectivity index (χ0) is 18.0. The maximum atomic E-state index is 12.3. The molecule has 9 heteroatoms. The Balaban J connectivity index is 1.68. The smallest absolute Gasteiger partial charge is 0.253 e. The zero-order valence-electron chi connectivity index (χ0n) is 14.2. The van der Waals surface area contributed by atoms with Crippen LogP contribution >= 0.6 is 39.0 Å². The summed E-state index contributed by atoms with van der Waals surface area (Å²) in [6, 6.07) is 4.09. The van der Waals surface area contributed by atoms with Gasteiger partial charge in [0.2, 0.25) is 11.1 Å². The highest BCUT2D eigenvalue weighted by molar-refractivity contribution is 9.11. The number of fused-ring (bicyclic) bond motifs is 1. The molecule has 0 aliphatic carbocycles. The fourth-order valence-electron chi connectivity index (χ4n) is 2.57. The minimum Gasteiger partial charge on any atom is -0.355 e. The molecule has 0 aliphatic rings. The van der Waals surface area contributed by atoms with Gasteiger partial charge in [-0.25, -0.2) is 9.50 Å². The lowest BCUT2D eigenvalue weighted by Gasteiger charge is -2.10. The Bertz CT molecular complexity index is 921. The molecule has 0 aromatic carbocycles. The Hall–Kier alpha value is -1.45. The molecule has 6 nitrogen and oxygen atoms in total. The highest BCUT2D eigenvalue weighted by Crippen LogP contribution is 2.22. The number of amides is 1. The molecule has 0 spiro atoms. The summed E-state index contributed by atoms with van der Waals surface area (Å²) >= 11 is 6.61. The molecular weight excluding hydrogens is 422 g/mol. The van der Waals surface area contributed by atoms with Crippen molar-refractivity contribution in [3.8, 4) is 0 Å². The second-order valence-electron chi connectivity index (χ2n) is 5.55. The van der Waals surface area contributed by atoms with Crippen molar-refractivity contribution in [1.29, 1.82) is 0 Å². The predicted octanol–water partition coefficient (Wildman–Crippen LogP) is 3.19. The van der Waals surface area contributed by atoms with E-state index in [4.69, 9.17) is 0 Å². The summed E-state index contributed by atoms with van der Waals surface area (Å²) < 4.78 is 2.82. The van der Waals surface area contributed by atoms with E-state index < -0.39 is 0 Å². The molecule has 3 rings (SSSR count). The highest BCUT2D eigenvalue weighted by Gasteiger charge is 2.15. The topological polar surface area (TPSA) is 72.2 Å². The van der Waals surface area contributed by atoms with Crippen molar-refractivity contribution in [2.24, 2.45) is 0 Å². The standard InChI is InChI=1S/C16H18BrN5OS2/c1-9-12(10(2)22-15(19-9)20-16(21-22)24-3)8-14(23)18-7-6-11-4-5-13(17)25-11/h4-5H,6-8H2,1-3H3,(H,18,23). The molecule has 3 aromatic heterocycles. The summed E-state index contributed by atoms with van der Waals surface area (Å²) in [6.07, 6.45) is 3.05. The molecule has 3 aromatic rings. The third-order valence-corrected chi connectivity index (χ3v) is 6.09. The first kappa shape index (κ1) is 18.3. The Kier molecular flexibility index (Phi) is 5.75. The molecular formula is C16H18BrN5OS2. The Labute approximate surface area is 162 Å². The second kappa shape index (κ2) is 7.84. The first-order chi connectivity index (χ1) is 12.0. The molecule has 1 N–H and O–H groups in total. The number of nitrogens with zero attached hydrogens (tertiary/aromatic N) is 4. The van der Waals surface area contributed by atoms with Gasteiger partial charge in [-0.05, 0) is 54.6 Å². The Morgan fingerprint density at radius 2 is 2.16 bits per heavy atom. The van der Waals surface area contributed by atoms with Gasteiger partial charge in [-0.3, -0.25) is 4.79 Å². The maximum absolute atomic E-state index is 12.3. The number of aromatic nitrogens is 4. The van der Waals surface area contributed by atoms with E-state index in [9.17, 15) is 4.79 Å². The summed E-state index contributed by atoms with van der Waals surface area (Å²) in [5.74, 6) is 0.569. The van der Waals surface area contributed by atoms with E-state index in [0.717, 1.165) is 27.2 Å². The quantitative estimate of drug-likeness (QED) is 0.597. The average molecular weight is 440 g/mol. The fraction of sp³-hybridized carbons (Fsp3) is 0.375. The summed E-state index contributed by atoms with van der Waals surface area (Å²) in [4.78, 5) is 22.4. The number of aryl methyl sites for hydroxylation is 2. The van der Waals surface area contributed by atoms with Crippen molar-refractivity contribution < 1.29 is 4.79 Å². The van der Waals surface area contributed by atoms with Gasteiger partial charge in [0.15, 0.2) is 0 Å². The molecule has 0 saturated heterocycles. The van der Waals surface area contributed by atoms with Crippen LogP contribution in [0.5, 0.6) is 0 Å². The van der Waals surface area contributed by atoms with E-state index in [1.807, 2.05) is 26.2 Å². The average Bonchev–Trinajstić information content (AvgIpc) is 3.17. The number of halogens is 1. The van der Waals surface area contributed by atoms with Crippen LogP contribution in [0.15, 0.2) is 21.1 Å². The van der Waals surface area contributed by atoms with E-state index in [2.05, 4.69) is 42.4 Å². The third-order valence-electron chi connectivity index (χ3n) is 3.87. The van der Waals surface area contributed by atoms with Gasteiger partial charge in [0.25, 0.3) is 5.78 Å². The van der Waals surface area contributed by atoms with Crippen LogP contribution in [0.4, 0.5) is 0 Å². The van der Waals surface area contributed by atoms with Crippen LogP contribution in [-0.2, 0) is 17.6 Å². The first-order valence-electron chi connectivity index (χ1n) is 7.75. The lowest BCUT2D eigenvalue weighted by molar-refractivity contribution is -0.120. The number of thioether (sulfide) groups is 1. The number of hydrogen-bond acceptors (Lipinski definition) is 6. The van der Waals surface area contributed by atoms with Crippen molar-refractivity contribution in [1.82, 2.24) is 24.9 Å². The predicted molar refractivity (Wildman–Crippen MR) is 104 cm³/mol. The van der Waals surface area contributed by atoms with Gasteiger partial charge in [0.1, 0.15) is 0 Å². The summed E-state index contributed by atoms with van der Waals surface area (Å²) in [6.45, 7) is 4.48. The number of hydrogen-bond donors (Lipinski definition) is 1. The van der Waals surface area contributed by atoms with Gasteiger partial charge in [-0.1, -0.05) is 11.8 Å². The van der Waals surface area contributed by atoms with E-state index in [0.29, 0.717) is 23.9 Å². The fourth-order valence-corrected chi connectivity index (χ4v) is 4.39. The molecule has 0 saturated carbocycles. The molecule has 25 heavy (non-hydrogen) atoms. The molecule has 0 atom stereocenters. The van der Waals surface area contributed by atoms with Crippen LogP contribution < -0.4 is 5.32 Å². The van der Waals surface area contributed by atoms with Crippen molar-refractivity contribution in [2.75, 3.05) is 12.8 Å². The van der Waals surface area contributed by atoms with Crippen molar-refractivity contribution in [3.05, 3.63) is 37.7 Å². The summed E-state index contributed by atoms with van der Waals surface area (Å²) in [5.41, 5.74) is 2.64. The zero-order valence-corrected chi connectivity index (χ0v) is 17.4. The van der Waals surface area contributed by atoms with E-state index in [1.165, 1.54) is 16.6 Å². The molecule has 0 aliphatic heterocycles. The van der Waals surface area contributed by atoms with Crippen molar-refractivity contribution in [3.63, 3.8) is 0 Å².